The quantitative estimate of drug-likeness (QED) is 0.304. The van der Waals surface area contributed by atoms with Crippen LogP contribution in [0.15, 0.2) is 0 Å². The molecule has 0 saturated heterocycles. The Kier molecular flexibility index (Phi) is 9.92. The third kappa shape index (κ3) is 6.01. The zero-order valence-corrected chi connectivity index (χ0v) is 26.6. The van der Waals surface area contributed by atoms with Gasteiger partial charge in [-0.15, -0.1) is 0 Å². The zero-order valence-electron chi connectivity index (χ0n) is 22.7. The van der Waals surface area contributed by atoms with Gasteiger partial charge in [0.25, 0.3) is 0 Å². The summed E-state index contributed by atoms with van der Waals surface area (Å²) in [6.45, 7) is 10.9. The first-order valence-electron chi connectivity index (χ1n) is 13.6. The number of aliphatic hydroxyl groups is 1. The molecule has 10 atom stereocenters. The first-order chi connectivity index (χ1) is 15.8. The molecule has 35 heavy (non-hydrogen) atoms. The maximum Gasteiger partial charge on any atom is 1.00 e. The molecule has 0 heterocycles. The summed E-state index contributed by atoms with van der Waals surface area (Å²) in [6.07, 6.45) is 8.20. The van der Waals surface area contributed by atoms with E-state index in [9.17, 15) is 22.9 Å². The molecule has 4 aliphatic carbocycles. The van der Waals surface area contributed by atoms with Crippen LogP contribution in [0.4, 0.5) is 0 Å². The Hall–Kier alpha value is 1.14. The molecule has 6 nitrogen and oxygen atoms in total. The Morgan fingerprint density at radius 1 is 1.06 bits per heavy atom. The van der Waals surface area contributed by atoms with Crippen molar-refractivity contribution in [3.05, 3.63) is 0 Å². The Bertz CT molecular complexity index is 877. The van der Waals surface area contributed by atoms with Crippen LogP contribution < -0.4 is 51.4 Å². The molecular weight excluding hydrogens is 491 g/mol. The number of hydrogen-bond donors (Lipinski definition) is 1. The summed E-state index contributed by atoms with van der Waals surface area (Å²) in [5.74, 6) is 2.93. The van der Waals surface area contributed by atoms with E-state index in [1.807, 2.05) is 13.8 Å². The minimum atomic E-state index is -4.70. The maximum atomic E-state index is 12.2. The minimum absolute atomic E-state index is 0. The normalized spacial score (nSPS) is 43.0. The smallest absolute Gasteiger partial charge is 0.726 e. The van der Waals surface area contributed by atoms with Crippen LogP contribution in [0.2, 0.25) is 0 Å². The van der Waals surface area contributed by atoms with Crippen LogP contribution >= 0.6 is 0 Å². The monoisotopic (exact) mass is 536 g/mol. The van der Waals surface area contributed by atoms with Gasteiger partial charge >= 0.3 is 51.4 Å². The van der Waals surface area contributed by atoms with Crippen molar-refractivity contribution < 1.29 is 78.4 Å². The van der Waals surface area contributed by atoms with Gasteiger partial charge in [-0.3, -0.25) is 8.98 Å². The zero-order chi connectivity index (χ0) is 25.1. The van der Waals surface area contributed by atoms with E-state index in [2.05, 4.69) is 20.8 Å². The van der Waals surface area contributed by atoms with Crippen LogP contribution in [0.1, 0.15) is 98.8 Å². The molecule has 0 aromatic carbocycles. The summed E-state index contributed by atoms with van der Waals surface area (Å²) in [4.78, 5) is 12.2. The summed E-state index contributed by atoms with van der Waals surface area (Å²) in [5.41, 5.74) is 0.350. The van der Waals surface area contributed by atoms with E-state index in [1.165, 1.54) is 0 Å². The molecule has 1 N–H and O–H groups in total. The van der Waals surface area contributed by atoms with Gasteiger partial charge in [-0.1, -0.05) is 34.6 Å². The summed E-state index contributed by atoms with van der Waals surface area (Å²) in [5, 5.41) is 11.4. The summed E-state index contributed by atoms with van der Waals surface area (Å²) < 4.78 is 38.4. The van der Waals surface area contributed by atoms with Gasteiger partial charge in [-0.05, 0) is 104 Å². The second-order valence-electron chi connectivity index (χ2n) is 13.1. The van der Waals surface area contributed by atoms with Gasteiger partial charge in [0.05, 0.1) is 12.2 Å². The van der Waals surface area contributed by atoms with Crippen molar-refractivity contribution in [3.63, 3.8) is 0 Å². The standard InChI is InChI=1S/C27H46O6S.K/c1-16(2)24(33-34(30,31)32)9-6-17(3)20-7-8-21-25-22(11-13-27(20,21)5)26(4)12-10-19(28)14-18(26)15-23(25)29;/h16-18,20-25,29H,6-15H2,1-5H3,(H,30,31,32);/q;+1/p-1/t17-,18-,20-,21?,22?,23-,24-,25?,26+,27-;/m1./s1. The molecule has 196 valence electrons. The number of aliphatic hydroxyl groups excluding tert-OH is 1. The molecule has 0 spiro atoms. The van der Waals surface area contributed by atoms with E-state index in [0.717, 1.165) is 44.9 Å². The van der Waals surface area contributed by atoms with Crippen LogP contribution in [0, 0.1) is 52.3 Å². The predicted molar refractivity (Wildman–Crippen MR) is 129 cm³/mol. The number of ketones is 1. The van der Waals surface area contributed by atoms with Crippen molar-refractivity contribution in [3.8, 4) is 0 Å². The van der Waals surface area contributed by atoms with Gasteiger partial charge in [0.1, 0.15) is 5.78 Å². The first-order valence-corrected chi connectivity index (χ1v) is 14.9. The molecule has 0 aromatic rings. The van der Waals surface area contributed by atoms with Gasteiger partial charge < -0.3 is 9.66 Å². The molecule has 3 unspecified atom stereocenters. The number of Topliss-reactive ketones (excluding diaryl/α,β-unsaturated/α-hetero) is 1. The number of fused-ring (bicyclic) bond motifs is 5. The van der Waals surface area contributed by atoms with Crippen LogP contribution in [0.25, 0.3) is 0 Å². The molecule has 0 amide bonds. The number of carbonyl (C=O) groups excluding carboxylic acids is 1. The topological polar surface area (TPSA) is 104 Å². The minimum Gasteiger partial charge on any atom is -0.726 e. The molecule has 0 radical (unpaired) electrons. The molecule has 0 aromatic heterocycles. The summed E-state index contributed by atoms with van der Waals surface area (Å²) >= 11 is 0. The van der Waals surface area contributed by atoms with Crippen LogP contribution in [0.5, 0.6) is 0 Å². The third-order valence-corrected chi connectivity index (χ3v) is 11.6. The first kappa shape index (κ1) is 30.7. The van der Waals surface area contributed by atoms with E-state index < -0.39 is 16.5 Å². The van der Waals surface area contributed by atoms with Crippen molar-refractivity contribution in [1.29, 1.82) is 0 Å². The van der Waals surface area contributed by atoms with E-state index in [0.29, 0.717) is 60.6 Å². The van der Waals surface area contributed by atoms with E-state index >= 15 is 0 Å². The largest absolute Gasteiger partial charge is 1.00 e. The van der Waals surface area contributed by atoms with Gasteiger partial charge in [0.15, 0.2) is 0 Å². The van der Waals surface area contributed by atoms with E-state index in [4.69, 9.17) is 4.18 Å². The average Bonchev–Trinajstić information content (AvgIpc) is 3.08. The number of rotatable bonds is 7. The number of carbonyl (C=O) groups is 1. The van der Waals surface area contributed by atoms with Crippen LogP contribution in [-0.2, 0) is 19.4 Å². The van der Waals surface area contributed by atoms with Gasteiger partial charge in [0, 0.05) is 12.8 Å². The fourth-order valence-corrected chi connectivity index (χ4v) is 9.88. The third-order valence-electron chi connectivity index (χ3n) is 11.2. The van der Waals surface area contributed by atoms with Gasteiger partial charge in [-0.25, -0.2) is 8.42 Å². The molecule has 4 aliphatic rings. The Morgan fingerprint density at radius 2 is 1.71 bits per heavy atom. The molecular formula is C27H45KO6S. The molecule has 4 rings (SSSR count). The van der Waals surface area contributed by atoms with Gasteiger partial charge in [0.2, 0.25) is 10.4 Å². The summed E-state index contributed by atoms with van der Waals surface area (Å²) in [6, 6.07) is 0. The molecule has 4 saturated carbocycles. The molecule has 4 fully saturated rings. The SMILES string of the molecule is CC(C)[C@@H](CC[C@@H](C)[C@H]1CCC2C3C(CC[C@@]21C)[C@@]1(C)CCC(=O)C[C@@H]1C[C@H]3O)OS(=O)(=O)[O-].[K+]. The average molecular weight is 537 g/mol. The van der Waals surface area contributed by atoms with Crippen molar-refractivity contribution in [2.75, 3.05) is 0 Å². The van der Waals surface area contributed by atoms with Crippen molar-refractivity contribution in [2.24, 2.45) is 52.3 Å². The molecule has 8 heteroatoms. The Morgan fingerprint density at radius 3 is 2.34 bits per heavy atom. The second kappa shape index (κ2) is 11.3. The maximum absolute atomic E-state index is 12.2. The molecule has 0 aliphatic heterocycles. The van der Waals surface area contributed by atoms with E-state index in [1.54, 1.807) is 0 Å². The van der Waals surface area contributed by atoms with Gasteiger partial charge in [-0.2, -0.15) is 0 Å². The Labute approximate surface area is 255 Å². The van der Waals surface area contributed by atoms with Crippen LogP contribution in [0.3, 0.4) is 0 Å². The number of hydrogen-bond acceptors (Lipinski definition) is 6. The predicted octanol–water partition coefficient (Wildman–Crippen LogP) is 2.11. The van der Waals surface area contributed by atoms with Crippen molar-refractivity contribution in [1.82, 2.24) is 0 Å². The van der Waals surface area contributed by atoms with Crippen molar-refractivity contribution in [2.45, 2.75) is 111 Å². The molecule has 0 bridgehead atoms. The van der Waals surface area contributed by atoms with Crippen LogP contribution in [-0.4, -0.2) is 36.1 Å². The second-order valence-corrected chi connectivity index (χ2v) is 14.1. The summed E-state index contributed by atoms with van der Waals surface area (Å²) in [7, 11) is -4.70. The van der Waals surface area contributed by atoms with Crippen molar-refractivity contribution >= 4 is 16.2 Å². The fraction of sp³-hybridized carbons (Fsp3) is 0.963. The van der Waals surface area contributed by atoms with E-state index in [-0.39, 0.29) is 74.2 Å². The Balaban J connectivity index is 0.00000342. The fourth-order valence-electron chi connectivity index (χ4n) is 9.26.